The third-order valence-electron chi connectivity index (χ3n) is 4.06. The van der Waals surface area contributed by atoms with Crippen molar-refractivity contribution < 1.29 is 9.53 Å². The predicted octanol–water partition coefficient (Wildman–Crippen LogP) is 0.800. The lowest BCUT2D eigenvalue weighted by Crippen LogP contribution is -2.42. The minimum absolute atomic E-state index is 0.0522. The molecule has 0 aromatic carbocycles. The van der Waals surface area contributed by atoms with Gasteiger partial charge in [0, 0.05) is 37.2 Å². The molecule has 2 aromatic rings. The molecule has 1 aliphatic rings. The first-order valence-corrected chi connectivity index (χ1v) is 7.88. The van der Waals surface area contributed by atoms with Gasteiger partial charge in [-0.2, -0.15) is 0 Å². The third kappa shape index (κ3) is 3.76. The van der Waals surface area contributed by atoms with E-state index in [0.717, 1.165) is 18.5 Å². The number of ether oxygens (including phenoxy) is 1. The smallest absolute Gasteiger partial charge is 0.279 e. The number of aromatic amines is 1. The minimum Gasteiger partial charge on any atom is -0.477 e. The number of hydrogen-bond acceptors (Lipinski definition) is 6. The van der Waals surface area contributed by atoms with E-state index in [1.54, 1.807) is 11.0 Å². The Morgan fingerprint density at radius 3 is 2.83 bits per heavy atom. The molecule has 0 unspecified atom stereocenters. The van der Waals surface area contributed by atoms with Gasteiger partial charge in [0.1, 0.15) is 6.33 Å². The van der Waals surface area contributed by atoms with Gasteiger partial charge >= 0.3 is 0 Å². The van der Waals surface area contributed by atoms with E-state index < -0.39 is 5.56 Å². The Kier molecular flexibility index (Phi) is 4.83. The van der Waals surface area contributed by atoms with E-state index in [1.807, 2.05) is 6.92 Å². The Bertz CT molecular complexity index is 768. The predicted molar refractivity (Wildman–Crippen MR) is 85.7 cm³/mol. The first kappa shape index (κ1) is 16.1. The van der Waals surface area contributed by atoms with Crippen LogP contribution in [0.5, 0.6) is 5.88 Å². The van der Waals surface area contributed by atoms with Crippen LogP contribution in [0.4, 0.5) is 0 Å². The van der Waals surface area contributed by atoms with Gasteiger partial charge in [-0.25, -0.2) is 15.0 Å². The summed E-state index contributed by atoms with van der Waals surface area (Å²) in [5.74, 6) is 0.606. The molecular formula is C16H19N5O3. The molecular weight excluding hydrogens is 310 g/mol. The van der Waals surface area contributed by atoms with E-state index in [2.05, 4.69) is 19.9 Å². The summed E-state index contributed by atoms with van der Waals surface area (Å²) in [6.07, 6.45) is 5.95. The minimum atomic E-state index is -0.452. The van der Waals surface area contributed by atoms with Crippen molar-refractivity contribution in [2.75, 3.05) is 19.7 Å². The van der Waals surface area contributed by atoms with E-state index in [0.29, 0.717) is 31.5 Å². The average Bonchev–Trinajstić information content (AvgIpc) is 2.60. The number of carbonyl (C=O) groups is 1. The maximum atomic E-state index is 12.3. The summed E-state index contributed by atoms with van der Waals surface area (Å²) in [5, 5.41) is 0. The molecule has 0 spiro atoms. The number of likely N-dealkylation sites (tertiary alicyclic amines) is 1. The molecule has 3 heterocycles. The van der Waals surface area contributed by atoms with Gasteiger partial charge in [-0.05, 0) is 25.7 Å². The van der Waals surface area contributed by atoms with Gasteiger partial charge in [-0.1, -0.05) is 0 Å². The molecule has 1 aliphatic heterocycles. The van der Waals surface area contributed by atoms with Crippen molar-refractivity contribution in [2.24, 2.45) is 5.92 Å². The van der Waals surface area contributed by atoms with Crippen molar-refractivity contribution in [1.29, 1.82) is 0 Å². The van der Waals surface area contributed by atoms with Crippen LogP contribution >= 0.6 is 0 Å². The fraction of sp³-hybridized carbons (Fsp3) is 0.438. The monoisotopic (exact) mass is 329 g/mol. The van der Waals surface area contributed by atoms with Crippen LogP contribution in [0.1, 0.15) is 29.0 Å². The molecule has 0 bridgehead atoms. The highest BCUT2D eigenvalue weighted by Gasteiger charge is 2.26. The van der Waals surface area contributed by atoms with Crippen molar-refractivity contribution in [2.45, 2.75) is 19.8 Å². The molecule has 8 heteroatoms. The summed E-state index contributed by atoms with van der Waals surface area (Å²) in [5.41, 5.74) is 0.358. The molecule has 1 amide bonds. The van der Waals surface area contributed by atoms with Gasteiger partial charge in [0.05, 0.1) is 6.61 Å². The molecule has 0 saturated carbocycles. The van der Waals surface area contributed by atoms with Crippen LogP contribution in [-0.2, 0) is 0 Å². The van der Waals surface area contributed by atoms with Gasteiger partial charge in [0.15, 0.2) is 5.69 Å². The normalized spacial score (nSPS) is 15.3. The fourth-order valence-corrected chi connectivity index (χ4v) is 2.67. The molecule has 2 aromatic heterocycles. The summed E-state index contributed by atoms with van der Waals surface area (Å²) >= 11 is 0. The van der Waals surface area contributed by atoms with Crippen LogP contribution < -0.4 is 10.3 Å². The van der Waals surface area contributed by atoms with Crippen LogP contribution in [0.15, 0.2) is 29.6 Å². The summed E-state index contributed by atoms with van der Waals surface area (Å²) in [7, 11) is 0. The molecule has 0 radical (unpaired) electrons. The molecule has 126 valence electrons. The fourth-order valence-electron chi connectivity index (χ4n) is 2.67. The highest BCUT2D eigenvalue weighted by molar-refractivity contribution is 5.91. The number of carbonyl (C=O) groups excluding carboxylic acids is 1. The lowest BCUT2D eigenvalue weighted by Gasteiger charge is -2.31. The molecule has 8 nitrogen and oxygen atoms in total. The number of hydrogen-bond donors (Lipinski definition) is 1. The van der Waals surface area contributed by atoms with Crippen LogP contribution in [0.3, 0.4) is 0 Å². The van der Waals surface area contributed by atoms with E-state index in [4.69, 9.17) is 4.74 Å². The van der Waals surface area contributed by atoms with Gasteiger partial charge < -0.3 is 14.6 Å². The summed E-state index contributed by atoms with van der Waals surface area (Å²) in [4.78, 5) is 40.1. The molecule has 1 saturated heterocycles. The Morgan fingerprint density at radius 2 is 2.12 bits per heavy atom. The van der Waals surface area contributed by atoms with Gasteiger partial charge in [0.25, 0.3) is 11.5 Å². The van der Waals surface area contributed by atoms with Gasteiger partial charge in [-0.15, -0.1) is 0 Å². The maximum absolute atomic E-state index is 12.3. The molecule has 24 heavy (non-hydrogen) atoms. The molecule has 0 aliphatic carbocycles. The highest BCUT2D eigenvalue weighted by atomic mass is 16.5. The Labute approximate surface area is 138 Å². The zero-order valence-corrected chi connectivity index (χ0v) is 13.4. The first-order valence-electron chi connectivity index (χ1n) is 7.88. The topological polar surface area (TPSA) is 101 Å². The van der Waals surface area contributed by atoms with Gasteiger partial charge in [-0.3, -0.25) is 9.59 Å². The molecule has 3 rings (SSSR count). The zero-order chi connectivity index (χ0) is 16.9. The van der Waals surface area contributed by atoms with Crippen molar-refractivity contribution in [3.8, 4) is 5.88 Å². The lowest BCUT2D eigenvalue weighted by atomic mass is 9.97. The van der Waals surface area contributed by atoms with Crippen molar-refractivity contribution in [3.63, 3.8) is 0 Å². The summed E-state index contributed by atoms with van der Waals surface area (Å²) in [6.45, 7) is 3.62. The number of nitrogens with one attached hydrogen (secondary N) is 1. The van der Waals surface area contributed by atoms with Crippen LogP contribution in [0, 0.1) is 12.8 Å². The largest absolute Gasteiger partial charge is 0.477 e. The van der Waals surface area contributed by atoms with E-state index >= 15 is 0 Å². The molecule has 1 fully saturated rings. The van der Waals surface area contributed by atoms with Crippen molar-refractivity contribution in [3.05, 3.63) is 46.5 Å². The number of piperidine rings is 1. The van der Waals surface area contributed by atoms with Crippen LogP contribution in [-0.4, -0.2) is 50.4 Å². The van der Waals surface area contributed by atoms with Crippen molar-refractivity contribution in [1.82, 2.24) is 24.8 Å². The summed E-state index contributed by atoms with van der Waals surface area (Å²) < 4.78 is 5.70. The average molecular weight is 329 g/mol. The summed E-state index contributed by atoms with van der Waals surface area (Å²) in [6, 6.07) is 1.80. The van der Waals surface area contributed by atoms with Gasteiger partial charge in [0.2, 0.25) is 5.88 Å². The lowest BCUT2D eigenvalue weighted by molar-refractivity contribution is 0.0651. The number of aromatic nitrogens is 4. The standard InChI is InChI=1S/C16H19N5O3/c1-11-8-13(20-10-19-11)24-9-12-2-6-21(7-3-12)16(23)14-15(22)18-5-4-17-14/h4-5,8,10,12H,2-3,6-7,9H2,1H3,(H,18,22). The second-order valence-electron chi connectivity index (χ2n) is 5.81. The second kappa shape index (κ2) is 7.20. The second-order valence-corrected chi connectivity index (χ2v) is 5.81. The van der Waals surface area contributed by atoms with E-state index in [1.165, 1.54) is 18.7 Å². The van der Waals surface area contributed by atoms with Crippen LogP contribution in [0.25, 0.3) is 0 Å². The number of nitrogens with zero attached hydrogens (tertiary/aromatic N) is 4. The zero-order valence-electron chi connectivity index (χ0n) is 13.4. The number of aryl methyl sites for hydroxylation is 1. The Hall–Kier alpha value is -2.77. The van der Waals surface area contributed by atoms with Crippen LogP contribution in [0.2, 0.25) is 0 Å². The number of amides is 1. The molecule has 1 N–H and O–H groups in total. The quantitative estimate of drug-likeness (QED) is 0.890. The van der Waals surface area contributed by atoms with E-state index in [9.17, 15) is 9.59 Å². The maximum Gasteiger partial charge on any atom is 0.279 e. The third-order valence-corrected chi connectivity index (χ3v) is 4.06. The van der Waals surface area contributed by atoms with Crippen molar-refractivity contribution >= 4 is 5.91 Å². The number of rotatable bonds is 4. The highest BCUT2D eigenvalue weighted by Crippen LogP contribution is 2.19. The SMILES string of the molecule is Cc1cc(OCC2CCN(C(=O)c3ncc[nH]c3=O)CC2)ncn1. The van der Waals surface area contributed by atoms with E-state index in [-0.39, 0.29) is 11.6 Å². The number of H-pyrrole nitrogens is 1. The molecule has 0 atom stereocenters. The first-order chi connectivity index (χ1) is 11.6. The Morgan fingerprint density at radius 1 is 1.33 bits per heavy atom. The Balaban J connectivity index is 1.51.